The van der Waals surface area contributed by atoms with Crippen molar-refractivity contribution in [1.82, 2.24) is 25.0 Å². The minimum absolute atomic E-state index is 0.0529. The zero-order chi connectivity index (χ0) is 16.7. The highest BCUT2D eigenvalue weighted by molar-refractivity contribution is 7.99. The van der Waals surface area contributed by atoms with Crippen LogP contribution in [0.1, 0.15) is 71.3 Å². The lowest BCUT2D eigenvalue weighted by molar-refractivity contribution is 0.364. The van der Waals surface area contributed by atoms with Crippen LogP contribution in [0.2, 0.25) is 0 Å². The van der Waals surface area contributed by atoms with E-state index in [0.717, 1.165) is 5.82 Å². The molecule has 0 radical (unpaired) electrons. The first-order chi connectivity index (χ1) is 10.00. The molecule has 7 nitrogen and oxygen atoms in total. The lowest BCUT2D eigenvalue weighted by Gasteiger charge is -2.16. The van der Waals surface area contributed by atoms with Crippen molar-refractivity contribution >= 4 is 11.8 Å². The largest absolute Gasteiger partial charge is 0.338 e. The number of hydrogen-bond donors (Lipinski definition) is 1. The molecule has 0 aliphatic heterocycles. The monoisotopic (exact) mass is 324 g/mol. The molecule has 22 heavy (non-hydrogen) atoms. The Morgan fingerprint density at radius 2 is 1.73 bits per heavy atom. The summed E-state index contributed by atoms with van der Waals surface area (Å²) in [6.07, 6.45) is 0. The number of nitrogens with two attached hydrogens (primary N) is 1. The average Bonchev–Trinajstić information content (AvgIpc) is 2.95. The van der Waals surface area contributed by atoms with Gasteiger partial charge >= 0.3 is 0 Å². The molecular formula is C14H24N6OS. The average molecular weight is 324 g/mol. The van der Waals surface area contributed by atoms with Crippen LogP contribution in [-0.4, -0.2) is 25.0 Å². The smallest absolute Gasteiger partial charge is 0.239 e. The lowest BCUT2D eigenvalue weighted by atomic mass is 9.96. The molecule has 1 unspecified atom stereocenters. The van der Waals surface area contributed by atoms with Gasteiger partial charge in [-0.05, 0) is 6.92 Å². The molecule has 0 aromatic carbocycles. The summed E-state index contributed by atoms with van der Waals surface area (Å²) in [5.74, 6) is 8.09. The van der Waals surface area contributed by atoms with Gasteiger partial charge in [0.05, 0.1) is 5.25 Å². The maximum Gasteiger partial charge on any atom is 0.239 e. The van der Waals surface area contributed by atoms with Crippen molar-refractivity contribution in [3.8, 4) is 0 Å². The minimum atomic E-state index is -0.159. The van der Waals surface area contributed by atoms with Gasteiger partial charge in [0.1, 0.15) is 0 Å². The summed E-state index contributed by atoms with van der Waals surface area (Å²) in [5.41, 5.74) is -0.298. The van der Waals surface area contributed by atoms with Gasteiger partial charge in [0.15, 0.2) is 11.6 Å². The summed E-state index contributed by atoms with van der Waals surface area (Å²) in [6.45, 7) is 14.3. The van der Waals surface area contributed by atoms with Crippen LogP contribution in [0.25, 0.3) is 0 Å². The number of nitrogen functional groups attached to an aromatic ring is 1. The number of nitrogens with zero attached hydrogens (tertiary/aromatic N) is 5. The summed E-state index contributed by atoms with van der Waals surface area (Å²) >= 11 is 1.45. The van der Waals surface area contributed by atoms with E-state index < -0.39 is 0 Å². The van der Waals surface area contributed by atoms with Gasteiger partial charge in [-0.2, -0.15) is 4.98 Å². The van der Waals surface area contributed by atoms with Crippen molar-refractivity contribution in [2.75, 3.05) is 5.84 Å². The van der Waals surface area contributed by atoms with Crippen LogP contribution in [0.4, 0.5) is 0 Å². The van der Waals surface area contributed by atoms with Gasteiger partial charge in [-0.15, -0.1) is 10.2 Å². The molecule has 0 fully saturated rings. The molecule has 0 aliphatic rings. The summed E-state index contributed by atoms with van der Waals surface area (Å²) in [4.78, 5) is 4.47. The number of thioether (sulfide) groups is 1. The molecular weight excluding hydrogens is 300 g/mol. The Hall–Kier alpha value is -1.57. The molecule has 8 heteroatoms. The highest BCUT2D eigenvalue weighted by atomic mass is 32.2. The summed E-state index contributed by atoms with van der Waals surface area (Å²) in [5, 5.41) is 13.0. The van der Waals surface area contributed by atoms with Gasteiger partial charge in [0, 0.05) is 10.8 Å². The van der Waals surface area contributed by atoms with E-state index in [2.05, 4.69) is 20.3 Å². The molecule has 1 atom stereocenters. The van der Waals surface area contributed by atoms with Crippen LogP contribution >= 0.6 is 11.8 Å². The zero-order valence-electron chi connectivity index (χ0n) is 14.2. The Balaban J connectivity index is 2.18. The maximum absolute atomic E-state index is 6.09. The number of aromatic nitrogens is 5. The number of rotatable bonds is 3. The van der Waals surface area contributed by atoms with E-state index in [1.54, 1.807) is 0 Å². The molecule has 0 amide bonds. The van der Waals surface area contributed by atoms with Crippen molar-refractivity contribution < 1.29 is 4.52 Å². The molecule has 0 saturated heterocycles. The van der Waals surface area contributed by atoms with Crippen molar-refractivity contribution in [2.45, 2.75) is 69.7 Å². The minimum Gasteiger partial charge on any atom is -0.338 e. The van der Waals surface area contributed by atoms with Crippen molar-refractivity contribution in [1.29, 1.82) is 0 Å². The quantitative estimate of drug-likeness (QED) is 0.685. The first kappa shape index (κ1) is 16.8. The lowest BCUT2D eigenvalue weighted by Crippen LogP contribution is -2.24. The van der Waals surface area contributed by atoms with Crippen LogP contribution in [-0.2, 0) is 10.8 Å². The van der Waals surface area contributed by atoms with Gasteiger partial charge in [0.25, 0.3) is 0 Å². The van der Waals surface area contributed by atoms with Gasteiger partial charge < -0.3 is 10.4 Å². The Kier molecular flexibility index (Phi) is 4.25. The third-order valence-corrected chi connectivity index (χ3v) is 4.12. The third kappa shape index (κ3) is 3.43. The Bertz CT molecular complexity index is 649. The second-order valence-corrected chi connectivity index (χ2v) is 8.70. The molecule has 2 aromatic heterocycles. The Labute approximate surface area is 135 Å². The second-order valence-electron chi connectivity index (χ2n) is 7.39. The highest BCUT2D eigenvalue weighted by Gasteiger charge is 2.27. The predicted molar refractivity (Wildman–Crippen MR) is 86.1 cm³/mol. The molecule has 122 valence electrons. The van der Waals surface area contributed by atoms with E-state index in [-0.39, 0.29) is 16.1 Å². The third-order valence-electron chi connectivity index (χ3n) is 3.08. The molecule has 0 saturated carbocycles. The first-order valence-electron chi connectivity index (χ1n) is 7.22. The van der Waals surface area contributed by atoms with Gasteiger partial charge in [0.2, 0.25) is 11.0 Å². The fourth-order valence-corrected chi connectivity index (χ4v) is 2.58. The molecule has 0 spiro atoms. The molecule has 0 bridgehead atoms. The molecule has 2 rings (SSSR count). The Morgan fingerprint density at radius 1 is 1.09 bits per heavy atom. The molecule has 0 aliphatic carbocycles. The van der Waals surface area contributed by atoms with Crippen molar-refractivity contribution in [3.05, 3.63) is 17.5 Å². The topological polar surface area (TPSA) is 95.7 Å². The van der Waals surface area contributed by atoms with Gasteiger partial charge in [-0.25, -0.2) is 4.68 Å². The molecule has 2 heterocycles. The van der Waals surface area contributed by atoms with E-state index in [1.807, 2.05) is 48.5 Å². The fraction of sp³-hybridized carbons (Fsp3) is 0.714. The normalized spacial score (nSPS) is 14.3. The first-order valence-corrected chi connectivity index (χ1v) is 8.10. The molecule has 2 aromatic rings. The maximum atomic E-state index is 6.09. The molecule has 2 N–H and O–H groups in total. The van der Waals surface area contributed by atoms with Gasteiger partial charge in [-0.1, -0.05) is 58.5 Å². The summed E-state index contributed by atoms with van der Waals surface area (Å²) < 4.78 is 6.89. The van der Waals surface area contributed by atoms with Crippen LogP contribution in [0.5, 0.6) is 0 Å². The number of hydrogen-bond acceptors (Lipinski definition) is 7. The van der Waals surface area contributed by atoms with E-state index in [9.17, 15) is 0 Å². The summed E-state index contributed by atoms with van der Waals surface area (Å²) in [6, 6.07) is 0. The summed E-state index contributed by atoms with van der Waals surface area (Å²) in [7, 11) is 0. The van der Waals surface area contributed by atoms with Gasteiger partial charge in [-0.3, -0.25) is 0 Å². The standard InChI is InChI=1S/C14H24N6OS/c1-8(9-16-10(19-21-9)13(2,3)4)22-12-18-17-11(20(12)15)14(5,6)7/h8H,15H2,1-7H3. The van der Waals surface area contributed by atoms with Crippen LogP contribution < -0.4 is 5.84 Å². The Morgan fingerprint density at radius 3 is 2.18 bits per heavy atom. The van der Waals surface area contributed by atoms with Crippen LogP contribution in [0.3, 0.4) is 0 Å². The predicted octanol–water partition coefficient (Wildman–Crippen LogP) is 2.82. The van der Waals surface area contributed by atoms with Crippen molar-refractivity contribution in [3.63, 3.8) is 0 Å². The second kappa shape index (κ2) is 5.57. The van der Waals surface area contributed by atoms with E-state index >= 15 is 0 Å². The van der Waals surface area contributed by atoms with Crippen LogP contribution in [0.15, 0.2) is 9.68 Å². The van der Waals surface area contributed by atoms with E-state index in [1.165, 1.54) is 16.4 Å². The van der Waals surface area contributed by atoms with Crippen LogP contribution in [0, 0.1) is 0 Å². The zero-order valence-corrected chi connectivity index (χ0v) is 15.0. The highest BCUT2D eigenvalue weighted by Crippen LogP contribution is 2.34. The van der Waals surface area contributed by atoms with Crippen molar-refractivity contribution in [2.24, 2.45) is 0 Å². The van der Waals surface area contributed by atoms with E-state index in [4.69, 9.17) is 10.4 Å². The van der Waals surface area contributed by atoms with E-state index in [0.29, 0.717) is 16.9 Å². The fourth-order valence-electron chi connectivity index (χ4n) is 1.78. The SMILES string of the molecule is CC(Sc1nnc(C(C)(C)C)n1N)c1nc(C(C)(C)C)no1.